The highest BCUT2D eigenvalue weighted by atomic mass is 16.3. The molecule has 46 valence electrons. The minimum atomic E-state index is 0.438. The van der Waals surface area contributed by atoms with Crippen molar-refractivity contribution >= 4 is 0 Å². The summed E-state index contributed by atoms with van der Waals surface area (Å²) >= 11 is 0. The highest BCUT2D eigenvalue weighted by molar-refractivity contribution is 4.95. The molecular formula is C7H12O. The number of hydrogen-bond donors (Lipinski definition) is 1. The van der Waals surface area contributed by atoms with Gasteiger partial charge in [-0.3, -0.25) is 0 Å². The number of hydrogen-bond acceptors (Lipinski definition) is 1. The van der Waals surface area contributed by atoms with Crippen LogP contribution in [-0.2, 0) is 0 Å². The van der Waals surface area contributed by atoms with E-state index in [0.717, 1.165) is 11.8 Å². The number of aliphatic hydroxyl groups excluding tert-OH is 1. The molecule has 0 spiro atoms. The van der Waals surface area contributed by atoms with Crippen LogP contribution in [0.2, 0.25) is 0 Å². The fraction of sp³-hybridized carbons (Fsp3) is 1.00. The minimum Gasteiger partial charge on any atom is -0.396 e. The Morgan fingerprint density at radius 2 is 1.75 bits per heavy atom. The van der Waals surface area contributed by atoms with Gasteiger partial charge in [-0.25, -0.2) is 0 Å². The van der Waals surface area contributed by atoms with E-state index in [1.807, 2.05) is 0 Å². The maximum Gasteiger partial charge on any atom is 0.0459 e. The van der Waals surface area contributed by atoms with E-state index in [1.54, 1.807) is 0 Å². The van der Waals surface area contributed by atoms with Crippen LogP contribution in [0.25, 0.3) is 0 Å². The lowest BCUT2D eigenvalue weighted by atomic mass is 10.1. The zero-order chi connectivity index (χ0) is 5.56. The van der Waals surface area contributed by atoms with Crippen molar-refractivity contribution in [2.45, 2.75) is 19.3 Å². The van der Waals surface area contributed by atoms with Crippen LogP contribution in [0, 0.1) is 17.8 Å². The third-order valence-electron chi connectivity index (χ3n) is 2.60. The van der Waals surface area contributed by atoms with Gasteiger partial charge in [0.1, 0.15) is 0 Å². The summed E-state index contributed by atoms with van der Waals surface area (Å²) in [6, 6.07) is 0. The third kappa shape index (κ3) is 0.576. The van der Waals surface area contributed by atoms with Crippen LogP contribution in [0.4, 0.5) is 0 Å². The molecule has 0 aromatic heterocycles. The minimum absolute atomic E-state index is 0.438. The second kappa shape index (κ2) is 1.47. The van der Waals surface area contributed by atoms with Gasteiger partial charge in [0.15, 0.2) is 0 Å². The summed E-state index contributed by atoms with van der Waals surface area (Å²) in [5, 5.41) is 8.70. The molecule has 0 aliphatic heterocycles. The maximum atomic E-state index is 8.70. The van der Waals surface area contributed by atoms with E-state index in [4.69, 9.17) is 5.11 Å². The lowest BCUT2D eigenvalue weighted by Gasteiger charge is -2.04. The molecule has 0 bridgehead atoms. The summed E-state index contributed by atoms with van der Waals surface area (Å²) in [6.45, 7) is 0.438. The lowest BCUT2D eigenvalue weighted by molar-refractivity contribution is 0.220. The molecule has 0 heterocycles. The molecule has 2 aliphatic carbocycles. The Morgan fingerprint density at radius 1 is 1.12 bits per heavy atom. The van der Waals surface area contributed by atoms with E-state index >= 15 is 0 Å². The predicted molar refractivity (Wildman–Crippen MR) is 31.4 cm³/mol. The van der Waals surface area contributed by atoms with E-state index in [9.17, 15) is 0 Å². The van der Waals surface area contributed by atoms with Gasteiger partial charge in [0, 0.05) is 6.61 Å². The Balaban J connectivity index is 1.89. The molecule has 1 nitrogen and oxygen atoms in total. The van der Waals surface area contributed by atoms with E-state index in [2.05, 4.69) is 0 Å². The topological polar surface area (TPSA) is 20.2 Å². The van der Waals surface area contributed by atoms with Gasteiger partial charge < -0.3 is 5.11 Å². The van der Waals surface area contributed by atoms with Gasteiger partial charge >= 0.3 is 0 Å². The van der Waals surface area contributed by atoms with E-state index in [0.29, 0.717) is 12.5 Å². The van der Waals surface area contributed by atoms with Crippen LogP contribution in [0.15, 0.2) is 0 Å². The lowest BCUT2D eigenvalue weighted by Crippen LogP contribution is -2.01. The second-order valence-corrected chi connectivity index (χ2v) is 3.28. The van der Waals surface area contributed by atoms with Crippen molar-refractivity contribution in [2.24, 2.45) is 17.8 Å². The van der Waals surface area contributed by atoms with Crippen LogP contribution in [0.5, 0.6) is 0 Å². The van der Waals surface area contributed by atoms with Crippen LogP contribution < -0.4 is 0 Å². The Hall–Kier alpha value is -0.0400. The summed E-state index contributed by atoms with van der Waals surface area (Å²) in [7, 11) is 0. The molecule has 2 saturated carbocycles. The smallest absolute Gasteiger partial charge is 0.0459 e. The maximum absolute atomic E-state index is 8.70. The van der Waals surface area contributed by atoms with E-state index < -0.39 is 0 Å². The molecule has 1 heteroatoms. The van der Waals surface area contributed by atoms with Gasteiger partial charge in [-0.2, -0.15) is 0 Å². The van der Waals surface area contributed by atoms with Crippen LogP contribution in [0.1, 0.15) is 19.3 Å². The normalized spacial score (nSPS) is 44.6. The van der Waals surface area contributed by atoms with Crippen molar-refractivity contribution in [1.82, 2.24) is 0 Å². The van der Waals surface area contributed by atoms with Gasteiger partial charge in [0.2, 0.25) is 0 Å². The quantitative estimate of drug-likeness (QED) is 0.537. The summed E-state index contributed by atoms with van der Waals surface area (Å²) in [5.74, 6) is 2.75. The number of aliphatic hydroxyl groups is 1. The Labute approximate surface area is 49.7 Å². The van der Waals surface area contributed by atoms with Crippen molar-refractivity contribution in [1.29, 1.82) is 0 Å². The van der Waals surface area contributed by atoms with E-state index in [1.165, 1.54) is 19.3 Å². The first-order valence-electron chi connectivity index (χ1n) is 3.51. The summed E-state index contributed by atoms with van der Waals surface area (Å²) in [5.41, 5.74) is 0. The highest BCUT2D eigenvalue weighted by Gasteiger charge is 2.45. The molecule has 0 aromatic rings. The molecule has 2 aliphatic rings. The molecule has 2 rings (SSSR count). The highest BCUT2D eigenvalue weighted by Crippen LogP contribution is 2.53. The molecule has 1 N–H and O–H groups in total. The zero-order valence-electron chi connectivity index (χ0n) is 5.01. The average Bonchev–Trinajstić information content (AvgIpc) is 2.40. The molecule has 0 amide bonds. The molecule has 0 unspecified atom stereocenters. The van der Waals surface area contributed by atoms with Gasteiger partial charge in [-0.1, -0.05) is 0 Å². The van der Waals surface area contributed by atoms with Crippen LogP contribution in [-0.4, -0.2) is 11.7 Å². The first-order valence-corrected chi connectivity index (χ1v) is 3.51. The second-order valence-electron chi connectivity index (χ2n) is 3.28. The molecule has 0 radical (unpaired) electrons. The van der Waals surface area contributed by atoms with Crippen molar-refractivity contribution in [2.75, 3.05) is 6.61 Å². The fourth-order valence-corrected chi connectivity index (χ4v) is 1.99. The molecular weight excluding hydrogens is 100 g/mol. The fourth-order valence-electron chi connectivity index (χ4n) is 1.99. The average molecular weight is 112 g/mol. The molecule has 2 atom stereocenters. The number of fused-ring (bicyclic) bond motifs is 1. The summed E-state index contributed by atoms with van der Waals surface area (Å²) < 4.78 is 0. The van der Waals surface area contributed by atoms with E-state index in [-0.39, 0.29) is 0 Å². The first-order chi connectivity index (χ1) is 3.90. The first kappa shape index (κ1) is 4.80. The standard InChI is InChI=1S/C7H12O/c8-4-5-1-6-3-7(6)2-5/h5-8H,1-4H2/t6-,7-/m0/s1. The van der Waals surface area contributed by atoms with Crippen molar-refractivity contribution in [3.05, 3.63) is 0 Å². The van der Waals surface area contributed by atoms with Crippen LogP contribution in [0.3, 0.4) is 0 Å². The summed E-state index contributed by atoms with van der Waals surface area (Å²) in [6.07, 6.45) is 4.11. The van der Waals surface area contributed by atoms with Crippen molar-refractivity contribution < 1.29 is 5.11 Å². The predicted octanol–water partition coefficient (Wildman–Crippen LogP) is 1.02. The third-order valence-corrected chi connectivity index (χ3v) is 2.60. The van der Waals surface area contributed by atoms with Gasteiger partial charge in [-0.15, -0.1) is 0 Å². The van der Waals surface area contributed by atoms with Crippen molar-refractivity contribution in [3.63, 3.8) is 0 Å². The monoisotopic (exact) mass is 112 g/mol. The van der Waals surface area contributed by atoms with Crippen LogP contribution >= 0.6 is 0 Å². The SMILES string of the molecule is OCC1C[C@H]2C[C@@H]2C1. The number of rotatable bonds is 1. The zero-order valence-corrected chi connectivity index (χ0v) is 5.01. The van der Waals surface area contributed by atoms with Gasteiger partial charge in [0.25, 0.3) is 0 Å². The van der Waals surface area contributed by atoms with Crippen molar-refractivity contribution in [3.8, 4) is 0 Å². The Bertz CT molecular complexity index is 90.6. The van der Waals surface area contributed by atoms with Gasteiger partial charge in [0.05, 0.1) is 0 Å². The Morgan fingerprint density at radius 3 is 2.12 bits per heavy atom. The molecule has 8 heavy (non-hydrogen) atoms. The largest absolute Gasteiger partial charge is 0.396 e. The molecule has 2 fully saturated rings. The Kier molecular flexibility index (Phi) is 0.884. The van der Waals surface area contributed by atoms with Gasteiger partial charge in [-0.05, 0) is 37.0 Å². The molecule has 0 saturated heterocycles. The molecule has 0 aromatic carbocycles. The summed E-state index contributed by atoms with van der Waals surface area (Å²) in [4.78, 5) is 0.